The van der Waals surface area contributed by atoms with E-state index < -0.39 is 22.3 Å². The van der Waals surface area contributed by atoms with Crippen molar-refractivity contribution in [2.24, 2.45) is 0 Å². The first-order chi connectivity index (χ1) is 10.0. The molecule has 1 aliphatic rings. The number of hydrogen-bond donors (Lipinski definition) is 1. The largest absolute Gasteiger partial charge is 0.396 e. The van der Waals surface area contributed by atoms with Crippen LogP contribution in [0, 0.1) is 15.9 Å². The van der Waals surface area contributed by atoms with Crippen LogP contribution in [0.1, 0.15) is 36.0 Å². The van der Waals surface area contributed by atoms with Gasteiger partial charge in [-0.05, 0) is 37.8 Å². The summed E-state index contributed by atoms with van der Waals surface area (Å²) in [7, 11) is 0. The Kier molecular flexibility index (Phi) is 4.85. The van der Waals surface area contributed by atoms with Crippen molar-refractivity contribution in [1.29, 1.82) is 0 Å². The monoisotopic (exact) mass is 296 g/mol. The summed E-state index contributed by atoms with van der Waals surface area (Å²) in [5.41, 5.74) is -0.625. The summed E-state index contributed by atoms with van der Waals surface area (Å²) in [6.45, 7) is 0.288. The highest BCUT2D eigenvalue weighted by Crippen LogP contribution is 2.29. The summed E-state index contributed by atoms with van der Waals surface area (Å²) in [5, 5.41) is 19.9. The van der Waals surface area contributed by atoms with Gasteiger partial charge >= 0.3 is 0 Å². The van der Waals surface area contributed by atoms with Crippen molar-refractivity contribution in [3.63, 3.8) is 0 Å². The van der Waals surface area contributed by atoms with Gasteiger partial charge in [-0.3, -0.25) is 14.9 Å². The van der Waals surface area contributed by atoms with E-state index in [0.29, 0.717) is 13.0 Å². The van der Waals surface area contributed by atoms with Gasteiger partial charge in [0.2, 0.25) is 0 Å². The quantitative estimate of drug-likeness (QED) is 0.643. The summed E-state index contributed by atoms with van der Waals surface area (Å²) in [5.74, 6) is -1.22. The third-order valence-corrected chi connectivity index (χ3v) is 3.72. The van der Waals surface area contributed by atoms with Crippen LogP contribution in [0.2, 0.25) is 0 Å². The average molecular weight is 296 g/mol. The summed E-state index contributed by atoms with van der Waals surface area (Å²) in [4.78, 5) is 24.3. The topological polar surface area (TPSA) is 83.7 Å². The lowest BCUT2D eigenvalue weighted by atomic mass is 9.90. The number of carbonyl (C=O) groups excluding carboxylic acids is 1. The number of benzene rings is 1. The van der Waals surface area contributed by atoms with E-state index in [1.54, 1.807) is 4.90 Å². The SMILES string of the molecule is O=C(c1ccc(F)cc1[N+](=O)[O-])N(CCCO)C1CCC1. The van der Waals surface area contributed by atoms with Crippen LogP contribution in [0.15, 0.2) is 18.2 Å². The molecule has 7 heteroatoms. The van der Waals surface area contributed by atoms with Gasteiger partial charge in [-0.25, -0.2) is 4.39 Å². The average Bonchev–Trinajstić information content (AvgIpc) is 2.40. The molecular weight excluding hydrogens is 279 g/mol. The molecule has 0 aliphatic heterocycles. The van der Waals surface area contributed by atoms with Crippen molar-refractivity contribution < 1.29 is 19.2 Å². The predicted octanol–water partition coefficient (Wildman–Crippen LogP) is 2.11. The number of amides is 1. The van der Waals surface area contributed by atoms with E-state index in [0.717, 1.165) is 37.5 Å². The van der Waals surface area contributed by atoms with Gasteiger partial charge in [-0.2, -0.15) is 0 Å². The fraction of sp³-hybridized carbons (Fsp3) is 0.500. The number of halogens is 1. The van der Waals surface area contributed by atoms with Gasteiger partial charge in [-0.1, -0.05) is 0 Å². The van der Waals surface area contributed by atoms with Crippen LogP contribution >= 0.6 is 0 Å². The van der Waals surface area contributed by atoms with Crippen LogP contribution in [0.4, 0.5) is 10.1 Å². The minimum absolute atomic E-state index is 0.0497. The molecule has 1 aromatic carbocycles. The fourth-order valence-corrected chi connectivity index (χ4v) is 2.38. The van der Waals surface area contributed by atoms with Crippen molar-refractivity contribution in [1.82, 2.24) is 4.90 Å². The zero-order valence-electron chi connectivity index (χ0n) is 11.5. The molecule has 0 atom stereocenters. The smallest absolute Gasteiger partial charge is 0.285 e. The van der Waals surface area contributed by atoms with Crippen LogP contribution in [0.5, 0.6) is 0 Å². The van der Waals surface area contributed by atoms with E-state index in [2.05, 4.69) is 0 Å². The zero-order chi connectivity index (χ0) is 15.4. The second-order valence-electron chi connectivity index (χ2n) is 5.08. The van der Waals surface area contributed by atoms with Crippen molar-refractivity contribution in [3.8, 4) is 0 Å². The third-order valence-electron chi connectivity index (χ3n) is 3.72. The van der Waals surface area contributed by atoms with Crippen LogP contribution in [-0.2, 0) is 0 Å². The third kappa shape index (κ3) is 3.36. The molecule has 1 saturated carbocycles. The molecule has 1 aliphatic carbocycles. The maximum Gasteiger partial charge on any atom is 0.285 e. The first kappa shape index (κ1) is 15.4. The minimum Gasteiger partial charge on any atom is -0.396 e. The van der Waals surface area contributed by atoms with Gasteiger partial charge in [0, 0.05) is 19.2 Å². The molecule has 114 valence electrons. The first-order valence-corrected chi connectivity index (χ1v) is 6.90. The summed E-state index contributed by atoms with van der Waals surface area (Å²) >= 11 is 0. The molecule has 6 nitrogen and oxygen atoms in total. The summed E-state index contributed by atoms with van der Waals surface area (Å²) in [6, 6.07) is 3.01. The van der Waals surface area contributed by atoms with Gasteiger partial charge in [0.15, 0.2) is 0 Å². The number of hydrogen-bond acceptors (Lipinski definition) is 4. The molecule has 0 radical (unpaired) electrons. The molecule has 0 aromatic heterocycles. The van der Waals surface area contributed by atoms with E-state index in [-0.39, 0.29) is 18.2 Å². The molecule has 2 rings (SSSR count). The number of nitrogens with zero attached hydrogens (tertiary/aromatic N) is 2. The minimum atomic E-state index is -0.749. The Morgan fingerprint density at radius 2 is 2.19 bits per heavy atom. The Morgan fingerprint density at radius 1 is 1.48 bits per heavy atom. The molecular formula is C14H17FN2O4. The van der Waals surface area contributed by atoms with E-state index in [9.17, 15) is 19.3 Å². The molecule has 0 spiro atoms. The predicted molar refractivity (Wildman–Crippen MR) is 73.4 cm³/mol. The maximum atomic E-state index is 13.1. The standard InChI is InChI=1S/C14H17FN2O4/c15-10-5-6-12(13(9-10)17(20)21)14(19)16(7-2-8-18)11-3-1-4-11/h5-6,9,11,18H,1-4,7-8H2. The van der Waals surface area contributed by atoms with E-state index in [1.165, 1.54) is 0 Å². The molecule has 0 heterocycles. The molecule has 21 heavy (non-hydrogen) atoms. The highest BCUT2D eigenvalue weighted by atomic mass is 19.1. The van der Waals surface area contributed by atoms with Crippen molar-refractivity contribution >= 4 is 11.6 Å². The second kappa shape index (κ2) is 6.62. The number of aliphatic hydroxyl groups is 1. The van der Waals surface area contributed by atoms with Gasteiger partial charge in [0.05, 0.1) is 11.0 Å². The van der Waals surface area contributed by atoms with E-state index in [1.807, 2.05) is 0 Å². The Hall–Kier alpha value is -2.02. The number of rotatable bonds is 6. The maximum absolute atomic E-state index is 13.1. The number of aliphatic hydroxyl groups excluding tert-OH is 1. The Labute approximate surface area is 121 Å². The van der Waals surface area contributed by atoms with Gasteiger partial charge in [0.25, 0.3) is 11.6 Å². The van der Waals surface area contributed by atoms with Crippen LogP contribution in [0.3, 0.4) is 0 Å². The molecule has 1 fully saturated rings. The molecule has 0 bridgehead atoms. The molecule has 1 aromatic rings. The van der Waals surface area contributed by atoms with Crippen LogP contribution < -0.4 is 0 Å². The molecule has 0 saturated heterocycles. The van der Waals surface area contributed by atoms with Gasteiger partial charge < -0.3 is 10.0 Å². The summed E-state index contributed by atoms with van der Waals surface area (Å²) < 4.78 is 13.1. The lowest BCUT2D eigenvalue weighted by Crippen LogP contribution is -2.45. The second-order valence-corrected chi connectivity index (χ2v) is 5.08. The number of nitro groups is 1. The molecule has 1 amide bonds. The lowest BCUT2D eigenvalue weighted by molar-refractivity contribution is -0.385. The van der Waals surface area contributed by atoms with Gasteiger partial charge in [0.1, 0.15) is 11.4 Å². The Balaban J connectivity index is 2.29. The molecule has 1 N–H and O–H groups in total. The van der Waals surface area contributed by atoms with Crippen LogP contribution in [0.25, 0.3) is 0 Å². The van der Waals surface area contributed by atoms with Gasteiger partial charge in [-0.15, -0.1) is 0 Å². The van der Waals surface area contributed by atoms with Crippen molar-refractivity contribution in [2.45, 2.75) is 31.7 Å². The highest BCUT2D eigenvalue weighted by molar-refractivity contribution is 5.98. The Morgan fingerprint density at radius 3 is 2.71 bits per heavy atom. The van der Waals surface area contributed by atoms with Crippen LogP contribution in [-0.4, -0.2) is 40.0 Å². The normalized spacial score (nSPS) is 14.6. The lowest BCUT2D eigenvalue weighted by Gasteiger charge is -2.37. The van der Waals surface area contributed by atoms with E-state index >= 15 is 0 Å². The number of carbonyl (C=O) groups is 1. The first-order valence-electron chi connectivity index (χ1n) is 6.90. The highest BCUT2D eigenvalue weighted by Gasteiger charge is 2.32. The summed E-state index contributed by atoms with van der Waals surface area (Å²) in [6.07, 6.45) is 3.13. The molecule has 0 unspecified atom stereocenters. The Bertz CT molecular complexity index is 546. The van der Waals surface area contributed by atoms with E-state index in [4.69, 9.17) is 5.11 Å². The number of nitro benzene ring substituents is 1. The van der Waals surface area contributed by atoms with Crippen molar-refractivity contribution in [3.05, 3.63) is 39.7 Å². The zero-order valence-corrected chi connectivity index (χ0v) is 11.5. The fourth-order valence-electron chi connectivity index (χ4n) is 2.38. The van der Waals surface area contributed by atoms with Crippen molar-refractivity contribution in [2.75, 3.05) is 13.2 Å².